The van der Waals surface area contributed by atoms with E-state index in [2.05, 4.69) is 41.5 Å². The molecule has 3 aromatic rings. The van der Waals surface area contributed by atoms with Crippen LogP contribution in [0.4, 0.5) is 5.82 Å². The Balaban J connectivity index is 1.89. The van der Waals surface area contributed by atoms with Gasteiger partial charge in [-0.3, -0.25) is 4.98 Å². The Morgan fingerprint density at radius 3 is 2.70 bits per heavy atom. The molecule has 0 bridgehead atoms. The van der Waals surface area contributed by atoms with E-state index < -0.39 is 0 Å². The molecular weight excluding hydrogens is 284 g/mol. The summed E-state index contributed by atoms with van der Waals surface area (Å²) in [5.41, 5.74) is 5.56. The number of aromatic nitrogens is 3. The summed E-state index contributed by atoms with van der Waals surface area (Å²) in [6.07, 6.45) is 5.24. The fourth-order valence-corrected chi connectivity index (χ4v) is 3.08. The Morgan fingerprint density at radius 2 is 1.91 bits per heavy atom. The molecule has 1 aromatic carbocycles. The molecule has 4 heteroatoms. The predicted molar refractivity (Wildman–Crippen MR) is 93.0 cm³/mol. The summed E-state index contributed by atoms with van der Waals surface area (Å²) < 4.78 is 2.03. The zero-order valence-corrected chi connectivity index (χ0v) is 13.3. The minimum atomic E-state index is 0.943. The minimum Gasteiger partial charge on any atom is -0.370 e. The highest BCUT2D eigenvalue weighted by molar-refractivity contribution is 5.68. The first kappa shape index (κ1) is 14.0. The number of nitrogens with zero attached hydrogens (tertiary/aromatic N) is 3. The number of fused-ring (bicyclic) bond motifs is 1. The summed E-state index contributed by atoms with van der Waals surface area (Å²) in [7, 11) is 0. The first-order valence-electron chi connectivity index (χ1n) is 8.17. The lowest BCUT2D eigenvalue weighted by Gasteiger charge is -2.09. The molecule has 0 radical (unpaired) electrons. The quantitative estimate of drug-likeness (QED) is 0.778. The van der Waals surface area contributed by atoms with E-state index in [1.807, 2.05) is 29.1 Å². The van der Waals surface area contributed by atoms with Crippen LogP contribution in [0.1, 0.15) is 24.0 Å². The minimum absolute atomic E-state index is 0.943. The van der Waals surface area contributed by atoms with E-state index in [9.17, 15) is 0 Å². The van der Waals surface area contributed by atoms with Crippen molar-refractivity contribution in [3.8, 4) is 17.1 Å². The van der Waals surface area contributed by atoms with Crippen molar-refractivity contribution in [3.63, 3.8) is 0 Å². The molecule has 0 saturated carbocycles. The molecule has 0 spiro atoms. The summed E-state index contributed by atoms with van der Waals surface area (Å²) in [5.74, 6) is 1.12. The third-order valence-corrected chi connectivity index (χ3v) is 4.32. The third kappa shape index (κ3) is 2.61. The molecule has 1 N–H and O–H groups in total. The molecule has 0 fully saturated rings. The standard InChI is InChI=1S/C19H20N4/c1-14-8-10-15(11-9-14)23-19-16(6-2-4-13-21-19)18(22-23)17-7-3-5-12-20-17/h3,5,7-12,21H,2,4,6,13H2,1H3. The molecule has 4 nitrogen and oxygen atoms in total. The lowest BCUT2D eigenvalue weighted by Crippen LogP contribution is -2.07. The molecule has 4 rings (SSSR count). The van der Waals surface area contributed by atoms with E-state index >= 15 is 0 Å². The Bertz CT molecular complexity index is 803. The van der Waals surface area contributed by atoms with Crippen molar-refractivity contribution in [3.05, 3.63) is 59.8 Å². The summed E-state index contributed by atoms with van der Waals surface area (Å²) in [5, 5.41) is 8.46. The van der Waals surface area contributed by atoms with Crippen LogP contribution in [0.15, 0.2) is 48.7 Å². The first-order chi connectivity index (χ1) is 11.3. The average molecular weight is 304 g/mol. The van der Waals surface area contributed by atoms with Crippen molar-refractivity contribution in [2.45, 2.75) is 26.2 Å². The number of benzene rings is 1. The van der Waals surface area contributed by atoms with Crippen LogP contribution in [0.25, 0.3) is 17.1 Å². The SMILES string of the molecule is Cc1ccc(-n2nc(-c3ccccn3)c3c2NCCCC3)cc1. The smallest absolute Gasteiger partial charge is 0.133 e. The van der Waals surface area contributed by atoms with Crippen LogP contribution >= 0.6 is 0 Å². The van der Waals surface area contributed by atoms with Crippen LogP contribution < -0.4 is 5.32 Å². The largest absolute Gasteiger partial charge is 0.370 e. The van der Waals surface area contributed by atoms with Gasteiger partial charge in [0.05, 0.1) is 11.4 Å². The zero-order valence-electron chi connectivity index (χ0n) is 13.3. The molecule has 2 aromatic heterocycles. The van der Waals surface area contributed by atoms with Crippen LogP contribution in [-0.2, 0) is 6.42 Å². The number of hydrogen-bond donors (Lipinski definition) is 1. The molecule has 0 unspecified atom stereocenters. The third-order valence-electron chi connectivity index (χ3n) is 4.32. The van der Waals surface area contributed by atoms with Crippen molar-refractivity contribution < 1.29 is 0 Å². The van der Waals surface area contributed by atoms with Crippen molar-refractivity contribution in [2.24, 2.45) is 0 Å². The van der Waals surface area contributed by atoms with E-state index in [-0.39, 0.29) is 0 Å². The highest BCUT2D eigenvalue weighted by Gasteiger charge is 2.22. The lowest BCUT2D eigenvalue weighted by molar-refractivity contribution is 0.779. The predicted octanol–water partition coefficient (Wildman–Crippen LogP) is 3.99. The second-order valence-electron chi connectivity index (χ2n) is 6.02. The highest BCUT2D eigenvalue weighted by Crippen LogP contribution is 2.33. The topological polar surface area (TPSA) is 42.7 Å². The first-order valence-corrected chi connectivity index (χ1v) is 8.17. The second-order valence-corrected chi connectivity index (χ2v) is 6.02. The summed E-state index contributed by atoms with van der Waals surface area (Å²) in [6.45, 7) is 3.09. The van der Waals surface area contributed by atoms with E-state index in [4.69, 9.17) is 5.10 Å². The van der Waals surface area contributed by atoms with Crippen LogP contribution in [0.3, 0.4) is 0 Å². The van der Waals surface area contributed by atoms with Gasteiger partial charge in [-0.25, -0.2) is 4.68 Å². The van der Waals surface area contributed by atoms with Gasteiger partial charge in [-0.15, -0.1) is 0 Å². The number of rotatable bonds is 2. The van der Waals surface area contributed by atoms with Crippen molar-refractivity contribution in [2.75, 3.05) is 11.9 Å². The fraction of sp³-hybridized carbons (Fsp3) is 0.263. The van der Waals surface area contributed by atoms with Gasteiger partial charge in [0, 0.05) is 18.3 Å². The van der Waals surface area contributed by atoms with E-state index in [1.54, 1.807) is 0 Å². The molecule has 0 atom stereocenters. The van der Waals surface area contributed by atoms with Crippen molar-refractivity contribution in [1.29, 1.82) is 0 Å². The van der Waals surface area contributed by atoms with Crippen molar-refractivity contribution >= 4 is 5.82 Å². The van der Waals surface area contributed by atoms with Gasteiger partial charge in [-0.2, -0.15) is 5.10 Å². The second kappa shape index (κ2) is 5.88. The van der Waals surface area contributed by atoms with Gasteiger partial charge in [0.25, 0.3) is 0 Å². The lowest BCUT2D eigenvalue weighted by atomic mass is 10.1. The molecule has 0 aliphatic carbocycles. The Morgan fingerprint density at radius 1 is 1.04 bits per heavy atom. The van der Waals surface area contributed by atoms with Gasteiger partial charge in [-0.1, -0.05) is 23.8 Å². The Hall–Kier alpha value is -2.62. The monoisotopic (exact) mass is 304 g/mol. The molecule has 0 saturated heterocycles. The number of nitrogens with one attached hydrogen (secondary N) is 1. The van der Waals surface area contributed by atoms with Gasteiger partial charge in [0.1, 0.15) is 11.5 Å². The molecule has 1 aliphatic rings. The highest BCUT2D eigenvalue weighted by atomic mass is 15.3. The Labute approximate surface area is 136 Å². The zero-order chi connectivity index (χ0) is 15.6. The van der Waals surface area contributed by atoms with Gasteiger partial charge in [0.15, 0.2) is 0 Å². The normalized spacial score (nSPS) is 14.0. The summed E-state index contributed by atoms with van der Waals surface area (Å²) in [4.78, 5) is 4.51. The fourth-order valence-electron chi connectivity index (χ4n) is 3.08. The molecule has 1 aliphatic heterocycles. The van der Waals surface area contributed by atoms with Crippen LogP contribution in [0, 0.1) is 6.92 Å². The number of aryl methyl sites for hydroxylation is 1. The average Bonchev–Trinajstić information content (AvgIpc) is 2.78. The maximum atomic E-state index is 4.90. The van der Waals surface area contributed by atoms with E-state index in [0.717, 1.165) is 35.9 Å². The van der Waals surface area contributed by atoms with Gasteiger partial charge in [0.2, 0.25) is 0 Å². The molecule has 116 valence electrons. The molecule has 3 heterocycles. The maximum Gasteiger partial charge on any atom is 0.133 e. The molecular formula is C19H20N4. The molecule has 23 heavy (non-hydrogen) atoms. The van der Waals surface area contributed by atoms with E-state index in [0.29, 0.717) is 0 Å². The maximum absolute atomic E-state index is 4.90. The van der Waals surface area contributed by atoms with Crippen LogP contribution in [0.5, 0.6) is 0 Å². The van der Waals surface area contributed by atoms with Gasteiger partial charge < -0.3 is 5.32 Å². The number of pyridine rings is 1. The number of anilines is 1. The van der Waals surface area contributed by atoms with Crippen LogP contribution in [-0.4, -0.2) is 21.3 Å². The summed E-state index contributed by atoms with van der Waals surface area (Å²) >= 11 is 0. The Kier molecular flexibility index (Phi) is 3.58. The van der Waals surface area contributed by atoms with Crippen LogP contribution in [0.2, 0.25) is 0 Å². The van der Waals surface area contributed by atoms with Crippen molar-refractivity contribution in [1.82, 2.24) is 14.8 Å². The number of hydrogen-bond acceptors (Lipinski definition) is 3. The van der Waals surface area contributed by atoms with Gasteiger partial charge in [-0.05, 0) is 50.5 Å². The van der Waals surface area contributed by atoms with Gasteiger partial charge >= 0.3 is 0 Å². The van der Waals surface area contributed by atoms with E-state index in [1.165, 1.54) is 24.0 Å². The summed E-state index contributed by atoms with van der Waals surface area (Å²) in [6, 6.07) is 14.5. The molecule has 0 amide bonds.